The number of carboxylic acid groups (broad SMARTS) is 1. The van der Waals surface area contributed by atoms with E-state index in [0.717, 1.165) is 13.0 Å². The molecule has 0 spiro atoms. The van der Waals surface area contributed by atoms with Crippen LogP contribution in [0.5, 0.6) is 0 Å². The first-order chi connectivity index (χ1) is 8.18. The predicted octanol–water partition coefficient (Wildman–Crippen LogP) is 1.74. The van der Waals surface area contributed by atoms with Crippen LogP contribution in [-0.4, -0.2) is 48.3 Å². The second-order valence-corrected chi connectivity index (χ2v) is 5.44. The van der Waals surface area contributed by atoms with E-state index in [1.165, 1.54) is 19.3 Å². The van der Waals surface area contributed by atoms with Gasteiger partial charge in [0.2, 0.25) is 0 Å². The van der Waals surface area contributed by atoms with Gasteiger partial charge in [-0.3, -0.25) is 9.69 Å². The van der Waals surface area contributed by atoms with Crippen molar-refractivity contribution < 1.29 is 14.6 Å². The molecular formula is C13H23NO3. The maximum absolute atomic E-state index is 11.5. The lowest BCUT2D eigenvalue weighted by molar-refractivity contribution is -0.150. The zero-order valence-electron chi connectivity index (χ0n) is 10.7. The van der Waals surface area contributed by atoms with E-state index in [-0.39, 0.29) is 0 Å². The van der Waals surface area contributed by atoms with Crippen LogP contribution in [0.15, 0.2) is 0 Å². The lowest BCUT2D eigenvalue weighted by Crippen LogP contribution is -2.45. The van der Waals surface area contributed by atoms with E-state index in [0.29, 0.717) is 32.2 Å². The molecule has 1 heterocycles. The Kier molecular flexibility index (Phi) is 4.05. The third-order valence-corrected chi connectivity index (χ3v) is 3.92. The van der Waals surface area contributed by atoms with E-state index in [1.54, 1.807) is 0 Å². The summed E-state index contributed by atoms with van der Waals surface area (Å²) >= 11 is 0. The van der Waals surface area contributed by atoms with E-state index in [9.17, 15) is 9.90 Å². The highest BCUT2D eigenvalue weighted by Crippen LogP contribution is 2.35. The van der Waals surface area contributed by atoms with Gasteiger partial charge in [0.25, 0.3) is 0 Å². The second-order valence-electron chi connectivity index (χ2n) is 5.44. The Labute approximate surface area is 103 Å². The van der Waals surface area contributed by atoms with Gasteiger partial charge in [-0.05, 0) is 32.2 Å². The molecule has 17 heavy (non-hydrogen) atoms. The van der Waals surface area contributed by atoms with Crippen LogP contribution >= 0.6 is 0 Å². The molecule has 0 aromatic heterocycles. The molecule has 0 amide bonds. The summed E-state index contributed by atoms with van der Waals surface area (Å²) in [5, 5.41) is 9.43. The van der Waals surface area contributed by atoms with Crippen LogP contribution in [0.2, 0.25) is 0 Å². The lowest BCUT2D eigenvalue weighted by Gasteiger charge is -2.31. The van der Waals surface area contributed by atoms with E-state index < -0.39 is 11.4 Å². The topological polar surface area (TPSA) is 49.8 Å². The van der Waals surface area contributed by atoms with Gasteiger partial charge in [0, 0.05) is 19.2 Å². The van der Waals surface area contributed by atoms with Gasteiger partial charge in [0.1, 0.15) is 5.41 Å². The fourth-order valence-electron chi connectivity index (χ4n) is 2.55. The van der Waals surface area contributed by atoms with Crippen molar-refractivity contribution in [3.63, 3.8) is 0 Å². The minimum absolute atomic E-state index is 0.387. The predicted molar refractivity (Wildman–Crippen MR) is 65.0 cm³/mol. The second kappa shape index (κ2) is 5.36. The van der Waals surface area contributed by atoms with Gasteiger partial charge >= 0.3 is 5.97 Å². The Balaban J connectivity index is 1.96. The Bertz CT molecular complexity index is 270. The van der Waals surface area contributed by atoms with Gasteiger partial charge in [-0.15, -0.1) is 0 Å². The molecule has 4 nitrogen and oxygen atoms in total. The molecule has 98 valence electrons. The van der Waals surface area contributed by atoms with Crippen LogP contribution in [0.4, 0.5) is 0 Å². The van der Waals surface area contributed by atoms with Crippen molar-refractivity contribution in [1.82, 2.24) is 4.90 Å². The normalized spacial score (nSPS) is 28.8. The Morgan fingerprint density at radius 3 is 2.76 bits per heavy atom. The molecule has 2 aliphatic rings. The van der Waals surface area contributed by atoms with Gasteiger partial charge in [0.05, 0.1) is 6.61 Å². The summed E-state index contributed by atoms with van der Waals surface area (Å²) in [6.07, 6.45) is 5.46. The van der Waals surface area contributed by atoms with Crippen molar-refractivity contribution in [1.29, 1.82) is 0 Å². The third-order valence-electron chi connectivity index (χ3n) is 3.92. The average Bonchev–Trinajstić information content (AvgIpc) is 3.04. The Hall–Kier alpha value is -0.610. The highest BCUT2D eigenvalue weighted by atomic mass is 16.5. The summed E-state index contributed by atoms with van der Waals surface area (Å²) in [6.45, 7) is 4.87. The molecule has 0 bridgehead atoms. The largest absolute Gasteiger partial charge is 0.481 e. The van der Waals surface area contributed by atoms with Crippen LogP contribution in [0.1, 0.15) is 39.0 Å². The number of hydrogen-bond acceptors (Lipinski definition) is 3. The molecule has 0 aromatic rings. The van der Waals surface area contributed by atoms with Crippen LogP contribution < -0.4 is 0 Å². The molecule has 0 radical (unpaired) electrons. The number of carboxylic acids is 1. The maximum Gasteiger partial charge on any atom is 0.313 e. The fraction of sp³-hybridized carbons (Fsp3) is 0.923. The molecule has 2 rings (SSSR count). The number of carbonyl (C=O) groups is 1. The van der Waals surface area contributed by atoms with Crippen LogP contribution in [0.3, 0.4) is 0 Å². The average molecular weight is 241 g/mol. The molecular weight excluding hydrogens is 218 g/mol. The smallest absolute Gasteiger partial charge is 0.313 e. The highest BCUT2D eigenvalue weighted by molar-refractivity contribution is 5.75. The van der Waals surface area contributed by atoms with Crippen molar-refractivity contribution in [2.75, 3.05) is 26.3 Å². The molecule has 1 aliphatic carbocycles. The molecule has 2 fully saturated rings. The van der Waals surface area contributed by atoms with Crippen molar-refractivity contribution >= 4 is 5.97 Å². The standard InChI is InChI=1S/C13H23NO3/c1-2-3-7-14(11-4-5-11)9-13(12(15)16)6-8-17-10-13/h11H,2-10H2,1H3,(H,15,16). The minimum Gasteiger partial charge on any atom is -0.481 e. The van der Waals surface area contributed by atoms with Crippen molar-refractivity contribution in [2.45, 2.75) is 45.1 Å². The highest BCUT2D eigenvalue weighted by Gasteiger charge is 2.45. The number of unbranched alkanes of at least 4 members (excludes halogenated alkanes) is 1. The number of hydrogen-bond donors (Lipinski definition) is 1. The molecule has 1 saturated carbocycles. The molecule has 1 saturated heterocycles. The van der Waals surface area contributed by atoms with Crippen LogP contribution in [-0.2, 0) is 9.53 Å². The summed E-state index contributed by atoms with van der Waals surface area (Å²) in [4.78, 5) is 13.9. The zero-order valence-corrected chi connectivity index (χ0v) is 10.7. The lowest BCUT2D eigenvalue weighted by atomic mass is 9.86. The van der Waals surface area contributed by atoms with Gasteiger partial charge < -0.3 is 9.84 Å². The Morgan fingerprint density at radius 2 is 2.29 bits per heavy atom. The van der Waals surface area contributed by atoms with Crippen LogP contribution in [0.25, 0.3) is 0 Å². The number of aliphatic carboxylic acids is 1. The van der Waals surface area contributed by atoms with Crippen molar-refractivity contribution in [3.05, 3.63) is 0 Å². The number of rotatable bonds is 7. The van der Waals surface area contributed by atoms with E-state index in [2.05, 4.69) is 11.8 Å². The Morgan fingerprint density at radius 1 is 1.53 bits per heavy atom. The van der Waals surface area contributed by atoms with Crippen molar-refractivity contribution in [3.8, 4) is 0 Å². The number of nitrogens with zero attached hydrogens (tertiary/aromatic N) is 1. The first kappa shape index (κ1) is 12.8. The maximum atomic E-state index is 11.5. The third kappa shape index (κ3) is 2.99. The first-order valence-corrected chi connectivity index (χ1v) is 6.73. The quantitative estimate of drug-likeness (QED) is 0.737. The molecule has 1 unspecified atom stereocenters. The summed E-state index contributed by atoms with van der Waals surface area (Å²) < 4.78 is 5.32. The number of ether oxygens (including phenoxy) is 1. The van der Waals surface area contributed by atoms with Gasteiger partial charge in [-0.25, -0.2) is 0 Å². The van der Waals surface area contributed by atoms with E-state index >= 15 is 0 Å². The van der Waals surface area contributed by atoms with E-state index in [1.807, 2.05) is 0 Å². The minimum atomic E-state index is -0.683. The van der Waals surface area contributed by atoms with Crippen LogP contribution in [0, 0.1) is 5.41 Å². The van der Waals surface area contributed by atoms with E-state index in [4.69, 9.17) is 4.74 Å². The fourth-order valence-corrected chi connectivity index (χ4v) is 2.55. The SMILES string of the molecule is CCCCN(CC1(C(=O)O)CCOC1)C1CC1. The summed E-state index contributed by atoms with van der Waals surface area (Å²) in [6, 6.07) is 0.637. The molecule has 1 N–H and O–H groups in total. The monoisotopic (exact) mass is 241 g/mol. The van der Waals surface area contributed by atoms with Gasteiger partial charge in [0.15, 0.2) is 0 Å². The molecule has 1 atom stereocenters. The summed E-state index contributed by atoms with van der Waals surface area (Å²) in [5.41, 5.74) is -0.643. The molecule has 1 aliphatic heterocycles. The molecule has 4 heteroatoms. The van der Waals surface area contributed by atoms with Gasteiger partial charge in [-0.1, -0.05) is 13.3 Å². The zero-order chi connectivity index (χ0) is 12.3. The molecule has 0 aromatic carbocycles. The summed E-state index contributed by atoms with van der Waals surface area (Å²) in [7, 11) is 0. The van der Waals surface area contributed by atoms with Crippen molar-refractivity contribution in [2.24, 2.45) is 5.41 Å². The first-order valence-electron chi connectivity index (χ1n) is 6.73. The summed E-state index contributed by atoms with van der Waals surface area (Å²) in [5.74, 6) is -0.683. The van der Waals surface area contributed by atoms with Gasteiger partial charge in [-0.2, -0.15) is 0 Å².